The molecule has 0 saturated carbocycles. The highest BCUT2D eigenvalue weighted by Gasteiger charge is 2.25. The quantitative estimate of drug-likeness (QED) is 0.808. The first-order valence-corrected chi connectivity index (χ1v) is 6.84. The minimum Gasteiger partial charge on any atom is -0.398 e. The Morgan fingerprint density at radius 3 is 2.78 bits per heavy atom. The number of hydrogen-bond acceptors (Lipinski definition) is 3. The summed E-state index contributed by atoms with van der Waals surface area (Å²) in [4.78, 5) is 2.37. The maximum atomic E-state index is 10.3. The van der Waals surface area contributed by atoms with E-state index in [1.54, 1.807) is 0 Å². The Morgan fingerprint density at radius 2 is 2.11 bits per heavy atom. The van der Waals surface area contributed by atoms with Crippen molar-refractivity contribution in [1.82, 2.24) is 4.90 Å². The van der Waals surface area contributed by atoms with Gasteiger partial charge in [0, 0.05) is 23.8 Å². The van der Waals surface area contributed by atoms with Gasteiger partial charge in [0.2, 0.25) is 0 Å². The van der Waals surface area contributed by atoms with E-state index >= 15 is 0 Å². The van der Waals surface area contributed by atoms with Gasteiger partial charge in [-0.2, -0.15) is 0 Å². The SMILES string of the molecule is CC1CCN(CC(O)c2ccccc2N)C(C)C1. The largest absolute Gasteiger partial charge is 0.398 e. The molecule has 2 rings (SSSR count). The summed E-state index contributed by atoms with van der Waals surface area (Å²) in [6.07, 6.45) is 1.96. The molecule has 3 nitrogen and oxygen atoms in total. The van der Waals surface area contributed by atoms with Crippen LogP contribution in [0.5, 0.6) is 0 Å². The molecule has 1 aromatic rings. The van der Waals surface area contributed by atoms with Crippen molar-refractivity contribution in [1.29, 1.82) is 0 Å². The predicted molar refractivity (Wildman–Crippen MR) is 75.2 cm³/mol. The fraction of sp³-hybridized carbons (Fsp3) is 0.600. The van der Waals surface area contributed by atoms with Crippen LogP contribution < -0.4 is 5.73 Å². The number of aliphatic hydroxyl groups excluding tert-OH is 1. The zero-order valence-electron chi connectivity index (χ0n) is 11.3. The van der Waals surface area contributed by atoms with Gasteiger partial charge in [-0.1, -0.05) is 25.1 Å². The number of hydrogen-bond donors (Lipinski definition) is 2. The molecule has 0 aromatic heterocycles. The Hall–Kier alpha value is -1.06. The van der Waals surface area contributed by atoms with Crippen molar-refractivity contribution in [2.45, 2.75) is 38.8 Å². The molecule has 1 aromatic carbocycles. The molecule has 100 valence electrons. The number of nitrogen functional groups attached to an aromatic ring is 1. The lowest BCUT2D eigenvalue weighted by Gasteiger charge is -2.37. The van der Waals surface area contributed by atoms with E-state index < -0.39 is 6.10 Å². The Balaban J connectivity index is 1.99. The van der Waals surface area contributed by atoms with Crippen molar-refractivity contribution < 1.29 is 5.11 Å². The molecule has 0 aliphatic carbocycles. The van der Waals surface area contributed by atoms with Gasteiger partial charge in [-0.3, -0.25) is 4.90 Å². The summed E-state index contributed by atoms with van der Waals surface area (Å²) in [7, 11) is 0. The number of nitrogens with zero attached hydrogens (tertiary/aromatic N) is 1. The zero-order chi connectivity index (χ0) is 13.1. The van der Waals surface area contributed by atoms with Gasteiger partial charge in [-0.15, -0.1) is 0 Å². The van der Waals surface area contributed by atoms with Crippen LogP contribution in [-0.2, 0) is 0 Å². The highest BCUT2D eigenvalue weighted by Crippen LogP contribution is 2.26. The second-order valence-electron chi connectivity index (χ2n) is 5.62. The summed E-state index contributed by atoms with van der Waals surface area (Å²) in [5, 5.41) is 10.3. The standard InChI is InChI=1S/C15H24N2O/c1-11-7-8-17(12(2)9-11)10-15(18)13-5-3-4-6-14(13)16/h3-6,11-12,15,18H,7-10,16H2,1-2H3. The van der Waals surface area contributed by atoms with E-state index in [2.05, 4.69) is 18.7 Å². The van der Waals surface area contributed by atoms with E-state index in [-0.39, 0.29) is 0 Å². The molecule has 0 radical (unpaired) electrons. The van der Waals surface area contributed by atoms with Crippen LogP contribution in [0.1, 0.15) is 38.4 Å². The molecule has 1 saturated heterocycles. The van der Waals surface area contributed by atoms with Crippen LogP contribution in [0, 0.1) is 5.92 Å². The molecule has 0 amide bonds. The lowest BCUT2D eigenvalue weighted by molar-refractivity contribution is 0.0604. The summed E-state index contributed by atoms with van der Waals surface area (Å²) in [5.41, 5.74) is 7.44. The highest BCUT2D eigenvalue weighted by molar-refractivity contribution is 5.47. The van der Waals surface area contributed by atoms with Crippen molar-refractivity contribution in [3.05, 3.63) is 29.8 Å². The first-order valence-electron chi connectivity index (χ1n) is 6.84. The Kier molecular flexibility index (Phi) is 4.25. The molecule has 1 aliphatic rings. The minimum atomic E-state index is -0.484. The summed E-state index contributed by atoms with van der Waals surface area (Å²) in [6, 6.07) is 8.14. The van der Waals surface area contributed by atoms with E-state index in [1.165, 1.54) is 12.8 Å². The fourth-order valence-corrected chi connectivity index (χ4v) is 2.86. The number of benzene rings is 1. The maximum absolute atomic E-state index is 10.3. The maximum Gasteiger partial charge on any atom is 0.0936 e. The normalized spacial score (nSPS) is 27.1. The van der Waals surface area contributed by atoms with Gasteiger partial charge in [0.1, 0.15) is 0 Å². The molecule has 18 heavy (non-hydrogen) atoms. The zero-order valence-corrected chi connectivity index (χ0v) is 11.3. The van der Waals surface area contributed by atoms with E-state index in [0.29, 0.717) is 18.3 Å². The van der Waals surface area contributed by atoms with Gasteiger partial charge in [-0.05, 0) is 38.3 Å². The summed E-state index contributed by atoms with van der Waals surface area (Å²) < 4.78 is 0. The molecule has 1 fully saturated rings. The Bertz CT molecular complexity index is 394. The van der Waals surface area contributed by atoms with Gasteiger partial charge in [0.25, 0.3) is 0 Å². The lowest BCUT2D eigenvalue weighted by atomic mass is 9.93. The second kappa shape index (κ2) is 5.72. The number of β-amino-alcohol motifs (C(OH)–C–C–N with tert-alkyl or cyclic N) is 1. The third-order valence-electron chi connectivity index (χ3n) is 4.04. The minimum absolute atomic E-state index is 0.484. The second-order valence-corrected chi connectivity index (χ2v) is 5.62. The van der Waals surface area contributed by atoms with Crippen molar-refractivity contribution in [3.63, 3.8) is 0 Å². The average Bonchev–Trinajstić information content (AvgIpc) is 2.33. The van der Waals surface area contributed by atoms with Crippen LogP contribution in [-0.4, -0.2) is 29.1 Å². The molecule has 1 heterocycles. The van der Waals surface area contributed by atoms with Crippen LogP contribution in [0.4, 0.5) is 5.69 Å². The number of anilines is 1. The first kappa shape index (κ1) is 13.4. The van der Waals surface area contributed by atoms with Crippen LogP contribution in [0.15, 0.2) is 24.3 Å². The van der Waals surface area contributed by atoms with Crippen LogP contribution >= 0.6 is 0 Å². The van der Waals surface area contributed by atoms with E-state index in [4.69, 9.17) is 5.73 Å². The van der Waals surface area contributed by atoms with Gasteiger partial charge >= 0.3 is 0 Å². The highest BCUT2D eigenvalue weighted by atomic mass is 16.3. The molecular weight excluding hydrogens is 224 g/mol. The molecule has 3 heteroatoms. The molecule has 3 unspecified atom stereocenters. The Morgan fingerprint density at radius 1 is 1.39 bits per heavy atom. The first-order chi connectivity index (χ1) is 8.58. The molecule has 0 spiro atoms. The van der Waals surface area contributed by atoms with Crippen LogP contribution in [0.2, 0.25) is 0 Å². The Labute approximate surface area is 110 Å². The van der Waals surface area contributed by atoms with E-state index in [0.717, 1.165) is 18.0 Å². The number of likely N-dealkylation sites (tertiary alicyclic amines) is 1. The van der Waals surface area contributed by atoms with Crippen molar-refractivity contribution in [2.75, 3.05) is 18.8 Å². The molecule has 3 atom stereocenters. The van der Waals surface area contributed by atoms with Gasteiger partial charge in [0.15, 0.2) is 0 Å². The van der Waals surface area contributed by atoms with E-state index in [9.17, 15) is 5.11 Å². The van der Waals surface area contributed by atoms with Gasteiger partial charge < -0.3 is 10.8 Å². The average molecular weight is 248 g/mol. The van der Waals surface area contributed by atoms with Crippen molar-refractivity contribution in [3.8, 4) is 0 Å². The van der Waals surface area contributed by atoms with Crippen molar-refractivity contribution in [2.24, 2.45) is 5.92 Å². The fourth-order valence-electron chi connectivity index (χ4n) is 2.86. The number of nitrogens with two attached hydrogens (primary N) is 1. The molecule has 0 bridgehead atoms. The number of rotatable bonds is 3. The molecular formula is C15H24N2O. The summed E-state index contributed by atoms with van der Waals surface area (Å²) in [5.74, 6) is 0.801. The number of aliphatic hydroxyl groups is 1. The summed E-state index contributed by atoms with van der Waals surface area (Å²) >= 11 is 0. The molecule has 1 aliphatic heterocycles. The van der Waals surface area contributed by atoms with E-state index in [1.807, 2.05) is 24.3 Å². The lowest BCUT2D eigenvalue weighted by Crippen LogP contribution is -2.42. The number of para-hydroxylation sites is 1. The smallest absolute Gasteiger partial charge is 0.0936 e. The summed E-state index contributed by atoms with van der Waals surface area (Å²) in [6.45, 7) is 6.31. The van der Waals surface area contributed by atoms with Crippen LogP contribution in [0.25, 0.3) is 0 Å². The third-order valence-corrected chi connectivity index (χ3v) is 4.04. The predicted octanol–water partition coefficient (Wildman–Crippen LogP) is 2.42. The topological polar surface area (TPSA) is 49.5 Å². The monoisotopic (exact) mass is 248 g/mol. The van der Waals surface area contributed by atoms with Crippen LogP contribution in [0.3, 0.4) is 0 Å². The third kappa shape index (κ3) is 3.03. The van der Waals surface area contributed by atoms with Gasteiger partial charge in [0.05, 0.1) is 6.10 Å². The van der Waals surface area contributed by atoms with Gasteiger partial charge in [-0.25, -0.2) is 0 Å². The molecule has 3 N–H and O–H groups in total. The number of piperidine rings is 1. The van der Waals surface area contributed by atoms with Crippen molar-refractivity contribution >= 4 is 5.69 Å².